The first-order valence-electron chi connectivity index (χ1n) is 6.71. The quantitative estimate of drug-likeness (QED) is 0.370. The normalized spacial score (nSPS) is 24.6. The number of nitrogens with two attached hydrogens (primary N) is 1. The van der Waals surface area contributed by atoms with E-state index in [2.05, 4.69) is 28.9 Å². The Morgan fingerprint density at radius 2 is 2.00 bits per heavy atom. The standard InChI is InChI=1S/C14H22N4O/c1-9-4-10(2)8-18(7-9)13-6-12(14(15)17-19)5-11(3)16-13/h5-6,9-10,19H,4,7-8H2,1-3H3,(H2,15,17). The molecular formula is C14H22N4O. The summed E-state index contributed by atoms with van der Waals surface area (Å²) < 4.78 is 0. The third-order valence-corrected chi connectivity index (χ3v) is 3.54. The van der Waals surface area contributed by atoms with Crippen LogP contribution in [0.25, 0.3) is 0 Å². The molecule has 0 aromatic carbocycles. The molecule has 19 heavy (non-hydrogen) atoms. The maximum atomic E-state index is 8.79. The molecule has 1 fully saturated rings. The summed E-state index contributed by atoms with van der Waals surface area (Å²) >= 11 is 0. The van der Waals surface area contributed by atoms with Crippen molar-refractivity contribution < 1.29 is 5.21 Å². The lowest BCUT2D eigenvalue weighted by Gasteiger charge is -2.36. The number of hydrogen-bond acceptors (Lipinski definition) is 4. The molecule has 0 radical (unpaired) electrons. The Bertz CT molecular complexity index is 476. The van der Waals surface area contributed by atoms with Gasteiger partial charge in [0.25, 0.3) is 0 Å². The van der Waals surface area contributed by atoms with Crippen molar-refractivity contribution in [2.45, 2.75) is 27.2 Å². The third-order valence-electron chi connectivity index (χ3n) is 3.54. The molecule has 5 nitrogen and oxygen atoms in total. The zero-order chi connectivity index (χ0) is 14.0. The second kappa shape index (κ2) is 5.47. The van der Waals surface area contributed by atoms with Gasteiger partial charge < -0.3 is 15.8 Å². The van der Waals surface area contributed by atoms with Gasteiger partial charge in [0.2, 0.25) is 0 Å². The molecule has 2 unspecified atom stereocenters. The molecule has 2 heterocycles. The van der Waals surface area contributed by atoms with E-state index in [0.717, 1.165) is 30.2 Å². The van der Waals surface area contributed by atoms with Crippen molar-refractivity contribution in [3.05, 3.63) is 23.4 Å². The zero-order valence-corrected chi connectivity index (χ0v) is 11.8. The van der Waals surface area contributed by atoms with Crippen LogP contribution < -0.4 is 10.6 Å². The van der Waals surface area contributed by atoms with Crippen LogP contribution in [0.5, 0.6) is 0 Å². The fourth-order valence-electron chi connectivity index (χ4n) is 2.87. The molecule has 2 rings (SSSR count). The molecule has 1 aliphatic rings. The topological polar surface area (TPSA) is 74.7 Å². The second-order valence-electron chi connectivity index (χ2n) is 5.69. The number of hydrogen-bond donors (Lipinski definition) is 2. The Morgan fingerprint density at radius 1 is 1.37 bits per heavy atom. The minimum Gasteiger partial charge on any atom is -0.409 e. The highest BCUT2D eigenvalue weighted by atomic mass is 16.4. The van der Waals surface area contributed by atoms with E-state index in [0.29, 0.717) is 11.8 Å². The summed E-state index contributed by atoms with van der Waals surface area (Å²) in [5.74, 6) is 2.38. The summed E-state index contributed by atoms with van der Waals surface area (Å²) in [5, 5.41) is 11.9. The lowest BCUT2D eigenvalue weighted by Crippen LogP contribution is -2.39. The minimum atomic E-state index is 0.129. The molecule has 2 atom stereocenters. The first-order chi connectivity index (χ1) is 8.99. The van der Waals surface area contributed by atoms with Gasteiger partial charge in [0.1, 0.15) is 5.82 Å². The Balaban J connectivity index is 2.31. The maximum absolute atomic E-state index is 8.79. The molecule has 0 amide bonds. The van der Waals surface area contributed by atoms with Crippen LogP contribution in [-0.2, 0) is 0 Å². The monoisotopic (exact) mass is 262 g/mol. The lowest BCUT2D eigenvalue weighted by molar-refractivity contribution is 0.318. The van der Waals surface area contributed by atoms with Crippen LogP contribution in [0, 0.1) is 18.8 Å². The van der Waals surface area contributed by atoms with E-state index < -0.39 is 0 Å². The number of piperidine rings is 1. The number of nitrogens with zero attached hydrogens (tertiary/aromatic N) is 3. The van der Waals surface area contributed by atoms with Crippen molar-refractivity contribution in [1.82, 2.24) is 4.98 Å². The van der Waals surface area contributed by atoms with Gasteiger partial charge in [-0.3, -0.25) is 0 Å². The molecule has 0 saturated carbocycles. The average Bonchev–Trinajstić information content (AvgIpc) is 2.36. The van der Waals surface area contributed by atoms with Crippen molar-refractivity contribution in [3.8, 4) is 0 Å². The predicted molar refractivity (Wildman–Crippen MR) is 76.6 cm³/mol. The van der Waals surface area contributed by atoms with E-state index in [1.54, 1.807) is 0 Å². The van der Waals surface area contributed by atoms with Crippen LogP contribution in [0.15, 0.2) is 17.3 Å². The summed E-state index contributed by atoms with van der Waals surface area (Å²) in [5.41, 5.74) is 7.27. The molecule has 0 aliphatic carbocycles. The fraction of sp³-hybridized carbons (Fsp3) is 0.571. The van der Waals surface area contributed by atoms with Crippen molar-refractivity contribution in [3.63, 3.8) is 0 Å². The van der Waals surface area contributed by atoms with E-state index in [9.17, 15) is 0 Å². The van der Waals surface area contributed by atoms with Gasteiger partial charge in [-0.25, -0.2) is 4.98 Å². The van der Waals surface area contributed by atoms with E-state index in [4.69, 9.17) is 10.9 Å². The lowest BCUT2D eigenvalue weighted by atomic mass is 9.92. The summed E-state index contributed by atoms with van der Waals surface area (Å²) in [4.78, 5) is 6.87. The van der Waals surface area contributed by atoms with Gasteiger partial charge in [0.05, 0.1) is 0 Å². The third kappa shape index (κ3) is 3.16. The summed E-state index contributed by atoms with van der Waals surface area (Å²) in [7, 11) is 0. The van der Waals surface area contributed by atoms with Gasteiger partial charge in [-0.05, 0) is 37.3 Å². The Hall–Kier alpha value is -1.78. The van der Waals surface area contributed by atoms with Crippen LogP contribution in [-0.4, -0.2) is 29.1 Å². The summed E-state index contributed by atoms with van der Waals surface area (Å²) in [6, 6.07) is 3.72. The molecule has 1 aromatic heterocycles. The van der Waals surface area contributed by atoms with Crippen molar-refractivity contribution in [2.24, 2.45) is 22.7 Å². The van der Waals surface area contributed by atoms with Gasteiger partial charge >= 0.3 is 0 Å². The van der Waals surface area contributed by atoms with Crippen LogP contribution >= 0.6 is 0 Å². The number of rotatable bonds is 2. The van der Waals surface area contributed by atoms with E-state index >= 15 is 0 Å². The number of aryl methyl sites for hydroxylation is 1. The van der Waals surface area contributed by atoms with Gasteiger partial charge in [0, 0.05) is 24.3 Å². The first-order valence-corrected chi connectivity index (χ1v) is 6.71. The van der Waals surface area contributed by atoms with Crippen LogP contribution in [0.4, 0.5) is 5.82 Å². The Kier molecular flexibility index (Phi) is 3.93. The molecule has 0 spiro atoms. The van der Waals surface area contributed by atoms with Gasteiger partial charge in [-0.15, -0.1) is 0 Å². The smallest absolute Gasteiger partial charge is 0.170 e. The maximum Gasteiger partial charge on any atom is 0.170 e. The highest BCUT2D eigenvalue weighted by Crippen LogP contribution is 2.25. The molecule has 3 N–H and O–H groups in total. The minimum absolute atomic E-state index is 0.129. The van der Waals surface area contributed by atoms with E-state index in [-0.39, 0.29) is 5.84 Å². The molecule has 104 valence electrons. The number of aromatic nitrogens is 1. The highest BCUT2D eigenvalue weighted by molar-refractivity contribution is 5.97. The summed E-state index contributed by atoms with van der Waals surface area (Å²) in [6.45, 7) is 8.48. The second-order valence-corrected chi connectivity index (χ2v) is 5.69. The molecule has 1 aliphatic heterocycles. The number of oxime groups is 1. The fourth-order valence-corrected chi connectivity index (χ4v) is 2.87. The number of amidine groups is 1. The molecule has 5 heteroatoms. The van der Waals surface area contributed by atoms with Crippen LogP contribution in [0.1, 0.15) is 31.5 Å². The largest absolute Gasteiger partial charge is 0.409 e. The van der Waals surface area contributed by atoms with E-state index in [1.165, 1.54) is 6.42 Å². The Morgan fingerprint density at radius 3 is 2.58 bits per heavy atom. The van der Waals surface area contributed by atoms with Crippen LogP contribution in [0.2, 0.25) is 0 Å². The van der Waals surface area contributed by atoms with E-state index in [1.807, 2.05) is 19.1 Å². The Labute approximate surface area is 114 Å². The summed E-state index contributed by atoms with van der Waals surface area (Å²) in [6.07, 6.45) is 1.26. The van der Waals surface area contributed by atoms with Crippen molar-refractivity contribution in [2.75, 3.05) is 18.0 Å². The number of pyridine rings is 1. The van der Waals surface area contributed by atoms with Gasteiger partial charge in [-0.1, -0.05) is 19.0 Å². The average molecular weight is 262 g/mol. The van der Waals surface area contributed by atoms with Gasteiger partial charge in [-0.2, -0.15) is 0 Å². The van der Waals surface area contributed by atoms with Crippen molar-refractivity contribution >= 4 is 11.7 Å². The predicted octanol–water partition coefficient (Wildman–Crippen LogP) is 1.97. The molecule has 1 saturated heterocycles. The molecule has 1 aromatic rings. The van der Waals surface area contributed by atoms with Gasteiger partial charge in [0.15, 0.2) is 5.84 Å². The molecular weight excluding hydrogens is 240 g/mol. The number of anilines is 1. The highest BCUT2D eigenvalue weighted by Gasteiger charge is 2.23. The SMILES string of the molecule is Cc1cc(/C(N)=N/O)cc(N2CC(C)CC(C)C2)n1. The zero-order valence-electron chi connectivity index (χ0n) is 11.8. The molecule has 0 bridgehead atoms. The van der Waals surface area contributed by atoms with Crippen LogP contribution in [0.3, 0.4) is 0 Å². The van der Waals surface area contributed by atoms with Crippen molar-refractivity contribution in [1.29, 1.82) is 0 Å². The first kappa shape index (κ1) is 13.6.